The number of benzene rings is 3. The number of aliphatic hydroxyl groups excluding tert-OH is 1. The van der Waals surface area contributed by atoms with E-state index in [1.807, 2.05) is 0 Å². The zero-order valence-corrected chi connectivity index (χ0v) is 23.6. The molecule has 12 heteroatoms. The van der Waals surface area contributed by atoms with E-state index < -0.39 is 23.5 Å². The van der Waals surface area contributed by atoms with Crippen LogP contribution in [-0.2, 0) is 10.5 Å². The quantitative estimate of drug-likeness (QED) is 0.112. The average molecular weight is 608 g/mol. The van der Waals surface area contributed by atoms with Crippen molar-refractivity contribution in [3.8, 4) is 5.75 Å². The van der Waals surface area contributed by atoms with Gasteiger partial charge in [-0.25, -0.2) is 4.39 Å². The van der Waals surface area contributed by atoms with Crippen LogP contribution in [0.15, 0.2) is 92.9 Å². The Bertz CT molecular complexity index is 1850. The molecule has 1 aliphatic rings. The number of anilines is 1. The number of rotatable bonds is 8. The van der Waals surface area contributed by atoms with Crippen LogP contribution < -0.4 is 9.64 Å². The zero-order valence-electron chi connectivity index (χ0n) is 21.2. The molecule has 0 radical (unpaired) electrons. The number of furan rings is 1. The molecule has 0 spiro atoms. The van der Waals surface area contributed by atoms with Gasteiger partial charge >= 0.3 is 0 Å². The number of Topliss-reactive ketones (excluding diaryl/α,β-unsaturated/α-hetero) is 1. The van der Waals surface area contributed by atoms with Gasteiger partial charge in [0.25, 0.3) is 5.91 Å². The third-order valence-electron chi connectivity index (χ3n) is 6.48. The predicted molar refractivity (Wildman–Crippen MR) is 154 cm³/mol. The molecule has 3 aromatic carbocycles. The maximum atomic E-state index is 14.1. The summed E-state index contributed by atoms with van der Waals surface area (Å²) < 4.78 is 25.8. The van der Waals surface area contributed by atoms with E-state index >= 15 is 0 Å². The van der Waals surface area contributed by atoms with E-state index in [1.54, 1.807) is 60.7 Å². The summed E-state index contributed by atoms with van der Waals surface area (Å²) in [5.74, 6) is -1.91. The summed E-state index contributed by atoms with van der Waals surface area (Å²) in [5, 5.41) is 20.5. The summed E-state index contributed by atoms with van der Waals surface area (Å²) in [6.07, 6.45) is 0. The van der Waals surface area contributed by atoms with Crippen LogP contribution in [-0.4, -0.2) is 34.1 Å². The van der Waals surface area contributed by atoms with E-state index in [1.165, 1.54) is 35.9 Å². The minimum absolute atomic E-state index is 0.0777. The van der Waals surface area contributed by atoms with Gasteiger partial charge in [0.2, 0.25) is 10.9 Å². The van der Waals surface area contributed by atoms with E-state index in [4.69, 9.17) is 20.8 Å². The number of amides is 1. The fourth-order valence-corrected chi connectivity index (χ4v) is 6.63. The predicted octanol–water partition coefficient (Wildman–Crippen LogP) is 7.16. The molecule has 0 saturated heterocycles. The Morgan fingerprint density at radius 3 is 2.73 bits per heavy atom. The molecule has 0 fully saturated rings. The van der Waals surface area contributed by atoms with Crippen LogP contribution in [0.4, 0.5) is 9.52 Å². The highest BCUT2D eigenvalue weighted by Crippen LogP contribution is 2.45. The first kappa shape index (κ1) is 27.0. The lowest BCUT2D eigenvalue weighted by Crippen LogP contribution is -2.31. The van der Waals surface area contributed by atoms with Gasteiger partial charge in [-0.05, 0) is 41.5 Å². The van der Waals surface area contributed by atoms with Crippen molar-refractivity contribution < 1.29 is 28.2 Å². The second-order valence-electron chi connectivity index (χ2n) is 8.94. The summed E-state index contributed by atoms with van der Waals surface area (Å²) in [5.41, 5.74) is 1.14. The topological polar surface area (TPSA) is 106 Å². The van der Waals surface area contributed by atoms with Crippen molar-refractivity contribution in [1.82, 2.24) is 10.2 Å². The van der Waals surface area contributed by atoms with E-state index in [9.17, 15) is 19.1 Å². The SMILES string of the molecule is COc1cccc2cc(C(=O)C3=C(O)C(=O)N(c4nnc(SCc5ccccc5F)s4)C3c3cccc(Cl)c3)oc12. The summed E-state index contributed by atoms with van der Waals surface area (Å²) >= 11 is 8.62. The molecule has 1 aliphatic heterocycles. The van der Waals surface area contributed by atoms with Crippen molar-refractivity contribution in [3.05, 3.63) is 112 Å². The molecular formula is C29H19ClFN3O5S2. The Kier molecular flexibility index (Phi) is 7.24. The molecule has 1 N–H and O–H groups in total. The lowest BCUT2D eigenvalue weighted by Gasteiger charge is -2.23. The minimum atomic E-state index is -1.07. The van der Waals surface area contributed by atoms with Crippen LogP contribution in [0.5, 0.6) is 5.75 Å². The van der Waals surface area contributed by atoms with Crippen LogP contribution in [0.2, 0.25) is 5.02 Å². The Balaban J connectivity index is 1.38. The van der Waals surface area contributed by atoms with Crippen LogP contribution in [0.1, 0.15) is 27.7 Å². The van der Waals surface area contributed by atoms with E-state index in [0.29, 0.717) is 43.0 Å². The maximum absolute atomic E-state index is 14.1. The third kappa shape index (κ3) is 4.96. The van der Waals surface area contributed by atoms with Gasteiger partial charge in [-0.15, -0.1) is 10.2 Å². The molecule has 5 aromatic rings. The molecule has 8 nitrogen and oxygen atoms in total. The fraction of sp³-hybridized carbons (Fsp3) is 0.103. The first-order valence-electron chi connectivity index (χ1n) is 12.2. The Morgan fingerprint density at radius 2 is 1.95 bits per heavy atom. The average Bonchev–Trinajstić information content (AvgIpc) is 3.69. The van der Waals surface area contributed by atoms with Gasteiger partial charge in [0.15, 0.2) is 27.2 Å². The second-order valence-corrected chi connectivity index (χ2v) is 11.6. The Morgan fingerprint density at radius 1 is 1.15 bits per heavy atom. The summed E-state index contributed by atoms with van der Waals surface area (Å²) in [7, 11) is 1.49. The number of hydrogen-bond donors (Lipinski definition) is 1. The monoisotopic (exact) mass is 607 g/mol. The number of fused-ring (bicyclic) bond motifs is 1. The molecule has 2 aromatic heterocycles. The van der Waals surface area contributed by atoms with Crippen LogP contribution in [0.25, 0.3) is 11.0 Å². The zero-order chi connectivity index (χ0) is 28.7. The molecule has 3 heterocycles. The molecule has 1 atom stereocenters. The van der Waals surface area contributed by atoms with Crippen molar-refractivity contribution in [3.63, 3.8) is 0 Å². The number of hydrogen-bond acceptors (Lipinski definition) is 9. The molecule has 0 aliphatic carbocycles. The van der Waals surface area contributed by atoms with E-state index in [0.717, 1.165) is 11.3 Å². The number of carbonyl (C=O) groups excluding carboxylic acids is 2. The van der Waals surface area contributed by atoms with Crippen molar-refractivity contribution in [2.24, 2.45) is 0 Å². The molecule has 1 unspecified atom stereocenters. The Labute approximate surface area is 246 Å². The third-order valence-corrected chi connectivity index (χ3v) is 8.82. The molecule has 1 amide bonds. The highest BCUT2D eigenvalue weighted by molar-refractivity contribution is 8.00. The van der Waals surface area contributed by atoms with Crippen molar-refractivity contribution in [2.45, 2.75) is 16.1 Å². The molecule has 0 saturated carbocycles. The fourth-order valence-electron chi connectivity index (χ4n) is 4.58. The van der Waals surface area contributed by atoms with Gasteiger partial charge in [0, 0.05) is 16.2 Å². The highest BCUT2D eigenvalue weighted by Gasteiger charge is 2.47. The van der Waals surface area contributed by atoms with Crippen molar-refractivity contribution >= 4 is 62.5 Å². The van der Waals surface area contributed by atoms with Crippen LogP contribution in [0, 0.1) is 5.82 Å². The molecular weight excluding hydrogens is 589 g/mol. The number of para-hydroxylation sites is 1. The number of carbonyl (C=O) groups is 2. The van der Waals surface area contributed by atoms with Gasteiger partial charge in [-0.2, -0.15) is 0 Å². The van der Waals surface area contributed by atoms with Gasteiger partial charge in [-0.1, -0.05) is 77.2 Å². The number of ether oxygens (including phenoxy) is 1. The van der Waals surface area contributed by atoms with E-state index in [-0.39, 0.29) is 22.3 Å². The van der Waals surface area contributed by atoms with Gasteiger partial charge in [0.1, 0.15) is 5.82 Å². The minimum Gasteiger partial charge on any atom is -0.503 e. The second kappa shape index (κ2) is 11.0. The molecule has 206 valence electrons. The van der Waals surface area contributed by atoms with Gasteiger partial charge in [0.05, 0.1) is 18.7 Å². The van der Waals surface area contributed by atoms with E-state index in [2.05, 4.69) is 10.2 Å². The van der Waals surface area contributed by atoms with Gasteiger partial charge in [-0.3, -0.25) is 14.5 Å². The number of thioether (sulfide) groups is 1. The smallest absolute Gasteiger partial charge is 0.296 e. The number of methoxy groups -OCH3 is 1. The summed E-state index contributed by atoms with van der Waals surface area (Å²) in [4.78, 5) is 28.6. The van der Waals surface area contributed by atoms with Crippen LogP contribution >= 0.6 is 34.7 Å². The summed E-state index contributed by atoms with van der Waals surface area (Å²) in [6.45, 7) is 0. The normalized spacial score (nSPS) is 15.2. The highest BCUT2D eigenvalue weighted by atomic mass is 35.5. The molecule has 6 rings (SSSR count). The lowest BCUT2D eigenvalue weighted by molar-refractivity contribution is -0.117. The summed E-state index contributed by atoms with van der Waals surface area (Å²) in [6, 6.07) is 18.7. The number of ketones is 1. The number of aromatic nitrogens is 2. The van der Waals surface area contributed by atoms with Gasteiger partial charge < -0.3 is 14.3 Å². The van der Waals surface area contributed by atoms with Crippen molar-refractivity contribution in [1.29, 1.82) is 0 Å². The maximum Gasteiger partial charge on any atom is 0.296 e. The Hall–Kier alpha value is -4.19. The molecule has 41 heavy (non-hydrogen) atoms. The van der Waals surface area contributed by atoms with Crippen LogP contribution in [0.3, 0.4) is 0 Å². The molecule has 0 bridgehead atoms. The first-order valence-corrected chi connectivity index (χ1v) is 14.4. The first-order chi connectivity index (χ1) is 19.9. The largest absolute Gasteiger partial charge is 0.503 e. The van der Waals surface area contributed by atoms with Crippen molar-refractivity contribution in [2.75, 3.05) is 12.0 Å². The standard InChI is InChI=1S/C29H19ClFN3O5S2/c1-38-20-11-5-8-16-13-21(39-26(16)20)24(35)22-23(15-7-4-9-18(30)12-15)34(27(37)25(22)36)28-32-33-29(41-28)40-14-17-6-2-3-10-19(17)31/h2-13,23,36H,14H2,1H3. The lowest BCUT2D eigenvalue weighted by atomic mass is 9.95. The number of aliphatic hydroxyl groups is 1. The number of nitrogens with zero attached hydrogens (tertiary/aromatic N) is 3. The number of halogens is 2.